The summed E-state index contributed by atoms with van der Waals surface area (Å²) in [6.07, 6.45) is 9.15. The molecule has 0 spiro atoms. The topological polar surface area (TPSA) is 85.4 Å². The SMILES string of the molecule is CCCCCCCN=Cc1cccc(OCCCNc2nsnc2N)c1. The fraction of sp³-hybridized carbons (Fsp3) is 0.526. The molecule has 0 saturated carbocycles. The van der Waals surface area contributed by atoms with E-state index in [1.165, 1.54) is 32.1 Å². The molecule has 1 aromatic carbocycles. The summed E-state index contributed by atoms with van der Waals surface area (Å²) in [6, 6.07) is 8.04. The number of hydrogen-bond acceptors (Lipinski definition) is 7. The highest BCUT2D eigenvalue weighted by atomic mass is 32.1. The molecule has 1 aromatic heterocycles. The summed E-state index contributed by atoms with van der Waals surface area (Å²) >= 11 is 1.11. The summed E-state index contributed by atoms with van der Waals surface area (Å²) in [4.78, 5) is 4.51. The van der Waals surface area contributed by atoms with Crippen molar-refractivity contribution < 1.29 is 4.74 Å². The van der Waals surface area contributed by atoms with E-state index in [0.29, 0.717) is 18.2 Å². The molecule has 0 atom stereocenters. The van der Waals surface area contributed by atoms with Crippen molar-refractivity contribution in [1.82, 2.24) is 8.75 Å². The Hall–Kier alpha value is -2.15. The highest BCUT2D eigenvalue weighted by Crippen LogP contribution is 2.14. The lowest BCUT2D eigenvalue weighted by molar-refractivity contribution is 0.315. The van der Waals surface area contributed by atoms with Crippen molar-refractivity contribution in [3.8, 4) is 5.75 Å². The number of nitrogens with zero attached hydrogens (tertiary/aromatic N) is 3. The molecular weight excluding hydrogens is 346 g/mol. The van der Waals surface area contributed by atoms with Crippen LogP contribution in [-0.4, -0.2) is 34.7 Å². The molecule has 6 nitrogen and oxygen atoms in total. The second-order valence-corrected chi connectivity index (χ2v) is 6.68. The minimum Gasteiger partial charge on any atom is -0.494 e. The minimum atomic E-state index is 0.452. The van der Waals surface area contributed by atoms with Gasteiger partial charge in [0.25, 0.3) is 0 Å². The van der Waals surface area contributed by atoms with Crippen LogP contribution in [0.4, 0.5) is 11.6 Å². The minimum absolute atomic E-state index is 0.452. The van der Waals surface area contributed by atoms with Crippen LogP contribution in [0.15, 0.2) is 29.3 Å². The maximum absolute atomic E-state index is 5.80. The molecule has 0 radical (unpaired) electrons. The molecule has 0 fully saturated rings. The number of ether oxygens (including phenoxy) is 1. The van der Waals surface area contributed by atoms with E-state index in [1.807, 2.05) is 30.5 Å². The van der Waals surface area contributed by atoms with E-state index in [0.717, 1.165) is 42.6 Å². The fourth-order valence-electron chi connectivity index (χ4n) is 2.45. The third-order valence-corrected chi connectivity index (χ3v) is 4.43. The summed E-state index contributed by atoms with van der Waals surface area (Å²) < 4.78 is 13.8. The first kappa shape index (κ1) is 20.2. The molecule has 0 bridgehead atoms. The van der Waals surface area contributed by atoms with E-state index in [9.17, 15) is 0 Å². The molecule has 0 amide bonds. The Morgan fingerprint density at radius 3 is 2.88 bits per heavy atom. The zero-order valence-corrected chi connectivity index (χ0v) is 16.3. The maximum Gasteiger partial charge on any atom is 0.184 e. The monoisotopic (exact) mass is 375 g/mol. The van der Waals surface area contributed by atoms with Crippen LogP contribution in [0.1, 0.15) is 51.0 Å². The fourth-order valence-corrected chi connectivity index (χ4v) is 2.90. The molecule has 0 aliphatic heterocycles. The van der Waals surface area contributed by atoms with Crippen LogP contribution in [-0.2, 0) is 0 Å². The number of unbranched alkanes of at least 4 members (excludes halogenated alkanes) is 4. The lowest BCUT2D eigenvalue weighted by Crippen LogP contribution is -2.08. The van der Waals surface area contributed by atoms with Crippen molar-refractivity contribution in [3.63, 3.8) is 0 Å². The van der Waals surface area contributed by atoms with Gasteiger partial charge in [0.1, 0.15) is 5.75 Å². The van der Waals surface area contributed by atoms with E-state index in [-0.39, 0.29) is 0 Å². The van der Waals surface area contributed by atoms with Crippen LogP contribution in [0.2, 0.25) is 0 Å². The van der Waals surface area contributed by atoms with Crippen LogP contribution in [0.5, 0.6) is 5.75 Å². The van der Waals surface area contributed by atoms with Gasteiger partial charge >= 0.3 is 0 Å². The van der Waals surface area contributed by atoms with Crippen molar-refractivity contribution in [2.24, 2.45) is 4.99 Å². The highest BCUT2D eigenvalue weighted by Gasteiger charge is 2.02. The molecule has 2 aromatic rings. The van der Waals surface area contributed by atoms with Gasteiger partial charge in [0.15, 0.2) is 11.6 Å². The molecular formula is C19H29N5OS. The largest absolute Gasteiger partial charge is 0.494 e. The molecule has 1 heterocycles. The Labute approximate surface area is 160 Å². The Kier molecular flexibility index (Phi) is 9.50. The van der Waals surface area contributed by atoms with Crippen LogP contribution in [0.3, 0.4) is 0 Å². The van der Waals surface area contributed by atoms with Crippen molar-refractivity contribution in [2.75, 3.05) is 30.7 Å². The van der Waals surface area contributed by atoms with Crippen molar-refractivity contribution in [3.05, 3.63) is 29.8 Å². The smallest absolute Gasteiger partial charge is 0.184 e. The highest BCUT2D eigenvalue weighted by molar-refractivity contribution is 6.99. The molecule has 0 aliphatic rings. The summed E-state index contributed by atoms with van der Waals surface area (Å²) in [5.41, 5.74) is 6.75. The molecule has 142 valence electrons. The molecule has 26 heavy (non-hydrogen) atoms. The first-order valence-corrected chi connectivity index (χ1v) is 10.1. The lowest BCUT2D eigenvalue weighted by Gasteiger charge is -2.07. The maximum atomic E-state index is 5.80. The predicted octanol–water partition coefficient (Wildman–Crippen LogP) is 4.39. The van der Waals surface area contributed by atoms with E-state index >= 15 is 0 Å². The Bertz CT molecular complexity index is 659. The second-order valence-electron chi connectivity index (χ2n) is 6.15. The number of benzene rings is 1. The van der Waals surface area contributed by atoms with Gasteiger partial charge in [-0.25, -0.2) is 0 Å². The number of anilines is 2. The van der Waals surface area contributed by atoms with Crippen molar-refractivity contribution in [2.45, 2.75) is 45.4 Å². The van der Waals surface area contributed by atoms with Crippen molar-refractivity contribution >= 4 is 29.6 Å². The average Bonchev–Trinajstić information content (AvgIpc) is 3.06. The van der Waals surface area contributed by atoms with Gasteiger partial charge in [-0.3, -0.25) is 4.99 Å². The van der Waals surface area contributed by atoms with Gasteiger partial charge in [0, 0.05) is 19.3 Å². The van der Waals surface area contributed by atoms with Crippen molar-refractivity contribution in [1.29, 1.82) is 0 Å². The number of nitrogen functional groups attached to an aromatic ring is 1. The van der Waals surface area contributed by atoms with Gasteiger partial charge in [-0.05, 0) is 30.5 Å². The number of aromatic nitrogens is 2. The summed E-state index contributed by atoms with van der Waals surface area (Å²) in [5, 5.41) is 3.15. The van der Waals surface area contributed by atoms with Gasteiger partial charge < -0.3 is 15.8 Å². The number of rotatable bonds is 13. The first-order chi connectivity index (χ1) is 12.8. The van der Waals surface area contributed by atoms with Gasteiger partial charge in [-0.15, -0.1) is 0 Å². The van der Waals surface area contributed by atoms with E-state index in [2.05, 4.69) is 26.0 Å². The van der Waals surface area contributed by atoms with Gasteiger partial charge in [0.2, 0.25) is 0 Å². The molecule has 3 N–H and O–H groups in total. The first-order valence-electron chi connectivity index (χ1n) is 9.34. The lowest BCUT2D eigenvalue weighted by atomic mass is 10.1. The molecule has 0 unspecified atom stereocenters. The predicted molar refractivity (Wildman–Crippen MR) is 111 cm³/mol. The number of hydrogen-bond donors (Lipinski definition) is 2. The second kappa shape index (κ2) is 12.2. The standard InChI is InChI=1S/C19H29N5OS/c1-2-3-4-5-6-11-21-15-16-9-7-10-17(14-16)25-13-8-12-22-19-18(20)23-26-24-19/h7,9-10,14-15H,2-6,8,11-13H2,1H3,(H2,20,23)(H,22,24). The number of aliphatic imine (C=N–C) groups is 1. The average molecular weight is 376 g/mol. The summed E-state index contributed by atoms with van der Waals surface area (Å²) in [5.74, 6) is 1.97. The summed E-state index contributed by atoms with van der Waals surface area (Å²) in [6.45, 7) is 4.50. The van der Waals surface area contributed by atoms with Gasteiger partial charge in [-0.2, -0.15) is 8.75 Å². The Morgan fingerprint density at radius 2 is 2.08 bits per heavy atom. The zero-order valence-electron chi connectivity index (χ0n) is 15.5. The molecule has 0 aliphatic carbocycles. The van der Waals surface area contributed by atoms with Crippen LogP contribution in [0.25, 0.3) is 0 Å². The normalized spacial score (nSPS) is 11.1. The molecule has 7 heteroatoms. The van der Waals surface area contributed by atoms with Gasteiger partial charge in [0.05, 0.1) is 18.3 Å². The van der Waals surface area contributed by atoms with Crippen LogP contribution >= 0.6 is 11.7 Å². The molecule has 0 saturated heterocycles. The summed E-state index contributed by atoms with van der Waals surface area (Å²) in [7, 11) is 0. The van der Waals surface area contributed by atoms with Gasteiger partial charge in [-0.1, -0.05) is 44.7 Å². The molecule has 2 rings (SSSR count). The third kappa shape index (κ3) is 7.82. The number of nitrogens with one attached hydrogen (secondary N) is 1. The number of nitrogens with two attached hydrogens (primary N) is 1. The third-order valence-electron chi connectivity index (χ3n) is 3.89. The Morgan fingerprint density at radius 1 is 1.19 bits per heavy atom. The zero-order chi connectivity index (χ0) is 18.5. The van der Waals surface area contributed by atoms with E-state index in [1.54, 1.807) is 0 Å². The van der Waals surface area contributed by atoms with Crippen LogP contribution in [0, 0.1) is 0 Å². The van der Waals surface area contributed by atoms with E-state index in [4.69, 9.17) is 10.5 Å². The van der Waals surface area contributed by atoms with E-state index < -0.39 is 0 Å². The quantitative estimate of drug-likeness (QED) is 0.400. The Balaban J connectivity index is 1.62. The van der Waals surface area contributed by atoms with Crippen LogP contribution < -0.4 is 15.8 Å².